The van der Waals surface area contributed by atoms with Gasteiger partial charge in [-0.3, -0.25) is 9.59 Å². The number of amides is 2. The Hall–Kier alpha value is -2.68. The lowest BCUT2D eigenvalue weighted by atomic mass is 10.2. The maximum atomic E-state index is 12.4. The van der Waals surface area contributed by atoms with Gasteiger partial charge in [-0.15, -0.1) is 11.8 Å². The number of hydrogen-bond donors (Lipinski definition) is 3. The van der Waals surface area contributed by atoms with Crippen LogP contribution in [0.25, 0.3) is 0 Å². The molecule has 0 heterocycles. The SMILES string of the molecule is Cc1ccc(NC(=O)CSCC(=O)Nc2ccccc2NCC(F)(F)F)cc1. The van der Waals surface area contributed by atoms with Gasteiger partial charge in [-0.1, -0.05) is 29.8 Å². The maximum Gasteiger partial charge on any atom is 0.405 e. The predicted molar refractivity (Wildman–Crippen MR) is 107 cm³/mol. The molecule has 0 spiro atoms. The Balaban J connectivity index is 1.78. The van der Waals surface area contributed by atoms with Gasteiger partial charge in [-0.25, -0.2) is 0 Å². The van der Waals surface area contributed by atoms with Crippen LogP contribution in [0.1, 0.15) is 5.56 Å². The number of carbonyl (C=O) groups is 2. The van der Waals surface area contributed by atoms with Crippen LogP contribution in [-0.2, 0) is 9.59 Å². The quantitative estimate of drug-likeness (QED) is 0.607. The zero-order valence-corrected chi connectivity index (χ0v) is 15.9. The highest BCUT2D eigenvalue weighted by molar-refractivity contribution is 8.00. The van der Waals surface area contributed by atoms with Crippen molar-refractivity contribution >= 4 is 40.6 Å². The molecule has 5 nitrogen and oxygen atoms in total. The van der Waals surface area contributed by atoms with Crippen molar-refractivity contribution < 1.29 is 22.8 Å². The number of rotatable bonds is 8. The number of halogens is 3. The van der Waals surface area contributed by atoms with E-state index < -0.39 is 18.6 Å². The van der Waals surface area contributed by atoms with E-state index in [1.807, 2.05) is 19.1 Å². The first-order valence-corrected chi connectivity index (χ1v) is 9.52. The highest BCUT2D eigenvalue weighted by atomic mass is 32.2. The lowest BCUT2D eigenvalue weighted by molar-refractivity contribution is -0.115. The molecule has 0 saturated carbocycles. The number of benzene rings is 2. The van der Waals surface area contributed by atoms with E-state index >= 15 is 0 Å². The summed E-state index contributed by atoms with van der Waals surface area (Å²) in [6.07, 6.45) is -4.36. The Morgan fingerprint density at radius 1 is 0.893 bits per heavy atom. The van der Waals surface area contributed by atoms with Gasteiger partial charge in [0, 0.05) is 5.69 Å². The zero-order chi connectivity index (χ0) is 20.6. The minimum absolute atomic E-state index is 0.00504. The van der Waals surface area contributed by atoms with Gasteiger partial charge < -0.3 is 16.0 Å². The summed E-state index contributed by atoms with van der Waals surface area (Å²) in [5.74, 6) is -0.576. The van der Waals surface area contributed by atoms with Crippen molar-refractivity contribution in [2.75, 3.05) is 34.0 Å². The van der Waals surface area contributed by atoms with Crippen molar-refractivity contribution in [3.8, 4) is 0 Å². The molecule has 9 heteroatoms. The Kier molecular flexibility index (Phi) is 7.74. The summed E-state index contributed by atoms with van der Waals surface area (Å²) in [5, 5.41) is 7.53. The largest absolute Gasteiger partial charge is 0.405 e. The van der Waals surface area contributed by atoms with Crippen molar-refractivity contribution in [2.45, 2.75) is 13.1 Å². The molecule has 0 atom stereocenters. The van der Waals surface area contributed by atoms with Crippen molar-refractivity contribution in [3.63, 3.8) is 0 Å². The summed E-state index contributed by atoms with van der Waals surface area (Å²) in [5.41, 5.74) is 2.18. The summed E-state index contributed by atoms with van der Waals surface area (Å²) >= 11 is 1.11. The topological polar surface area (TPSA) is 70.2 Å². The number of anilines is 3. The van der Waals surface area contributed by atoms with Crippen LogP contribution in [-0.4, -0.2) is 36.0 Å². The third-order valence-corrected chi connectivity index (χ3v) is 4.41. The monoisotopic (exact) mass is 411 g/mol. The molecule has 2 rings (SSSR count). The van der Waals surface area contributed by atoms with Gasteiger partial charge in [0.05, 0.1) is 22.9 Å². The first-order valence-electron chi connectivity index (χ1n) is 8.37. The standard InChI is InChI=1S/C19H20F3N3O2S/c1-13-6-8-14(9-7-13)24-17(26)10-28-11-18(27)25-16-5-3-2-4-15(16)23-12-19(20,21)22/h2-9,23H,10-12H2,1H3,(H,24,26)(H,25,27). The molecule has 3 N–H and O–H groups in total. The van der Waals surface area contributed by atoms with Crippen LogP contribution in [0.2, 0.25) is 0 Å². The summed E-state index contributed by atoms with van der Waals surface area (Å²) in [6, 6.07) is 13.5. The van der Waals surface area contributed by atoms with Gasteiger partial charge in [0.1, 0.15) is 6.54 Å². The molecule has 28 heavy (non-hydrogen) atoms. The molecule has 0 bridgehead atoms. The van der Waals surface area contributed by atoms with Gasteiger partial charge in [-0.05, 0) is 31.2 Å². The van der Waals surface area contributed by atoms with Crippen LogP contribution < -0.4 is 16.0 Å². The van der Waals surface area contributed by atoms with E-state index in [-0.39, 0.29) is 28.8 Å². The molecule has 0 unspecified atom stereocenters. The van der Waals surface area contributed by atoms with Gasteiger partial charge in [0.15, 0.2) is 0 Å². The Labute approximate surface area is 165 Å². The first-order chi connectivity index (χ1) is 13.2. The second-order valence-corrected chi connectivity index (χ2v) is 6.96. The number of alkyl halides is 3. The van der Waals surface area contributed by atoms with Crippen molar-refractivity contribution in [1.82, 2.24) is 0 Å². The molecule has 0 saturated heterocycles. The van der Waals surface area contributed by atoms with E-state index in [4.69, 9.17) is 0 Å². The number of thioether (sulfide) groups is 1. The third-order valence-electron chi connectivity index (χ3n) is 3.48. The van der Waals surface area contributed by atoms with Crippen LogP contribution in [0.5, 0.6) is 0 Å². The van der Waals surface area contributed by atoms with Crippen LogP contribution >= 0.6 is 11.8 Å². The van der Waals surface area contributed by atoms with Crippen LogP contribution in [0.4, 0.5) is 30.2 Å². The molecule has 0 radical (unpaired) electrons. The molecule has 2 amide bonds. The highest BCUT2D eigenvalue weighted by Gasteiger charge is 2.27. The van der Waals surface area contributed by atoms with E-state index in [9.17, 15) is 22.8 Å². The van der Waals surface area contributed by atoms with Gasteiger partial charge in [0.25, 0.3) is 0 Å². The molecule has 0 fully saturated rings. The molecule has 150 valence electrons. The Bertz CT molecular complexity index is 811. The first kappa shape index (κ1) is 21.6. The average molecular weight is 411 g/mol. The van der Waals surface area contributed by atoms with Crippen molar-refractivity contribution in [2.24, 2.45) is 0 Å². The van der Waals surface area contributed by atoms with Crippen molar-refractivity contribution in [1.29, 1.82) is 0 Å². The second kappa shape index (κ2) is 10.0. The number of para-hydroxylation sites is 2. The minimum Gasteiger partial charge on any atom is -0.375 e. The van der Waals surface area contributed by atoms with Crippen LogP contribution in [0, 0.1) is 6.92 Å². The fourth-order valence-corrected chi connectivity index (χ4v) is 2.82. The fraction of sp³-hybridized carbons (Fsp3) is 0.263. The number of carbonyl (C=O) groups excluding carboxylic acids is 2. The molecule has 2 aromatic carbocycles. The molecular weight excluding hydrogens is 391 g/mol. The van der Waals surface area contributed by atoms with Gasteiger partial charge in [-0.2, -0.15) is 13.2 Å². The number of hydrogen-bond acceptors (Lipinski definition) is 4. The number of aryl methyl sites for hydroxylation is 1. The minimum atomic E-state index is -4.36. The normalized spacial score (nSPS) is 11.0. The lowest BCUT2D eigenvalue weighted by Crippen LogP contribution is -2.23. The average Bonchev–Trinajstić information content (AvgIpc) is 2.62. The van der Waals surface area contributed by atoms with Crippen molar-refractivity contribution in [3.05, 3.63) is 54.1 Å². The Morgan fingerprint density at radius 3 is 2.07 bits per heavy atom. The van der Waals surface area contributed by atoms with Crippen LogP contribution in [0.3, 0.4) is 0 Å². The second-order valence-electron chi connectivity index (χ2n) is 5.97. The van der Waals surface area contributed by atoms with Crippen LogP contribution in [0.15, 0.2) is 48.5 Å². The molecule has 0 aromatic heterocycles. The van der Waals surface area contributed by atoms with E-state index in [1.165, 1.54) is 12.1 Å². The van der Waals surface area contributed by atoms with E-state index in [1.54, 1.807) is 24.3 Å². The van der Waals surface area contributed by atoms with E-state index in [0.717, 1.165) is 17.3 Å². The molecule has 0 aliphatic heterocycles. The molecule has 0 aliphatic carbocycles. The van der Waals surface area contributed by atoms with Gasteiger partial charge in [0.2, 0.25) is 11.8 Å². The maximum absolute atomic E-state index is 12.4. The molecular formula is C19H20F3N3O2S. The summed E-state index contributed by atoms with van der Waals surface area (Å²) in [7, 11) is 0. The molecule has 2 aromatic rings. The fourth-order valence-electron chi connectivity index (χ4n) is 2.20. The summed E-state index contributed by atoms with van der Waals surface area (Å²) in [6.45, 7) is 0.741. The predicted octanol–water partition coefficient (Wildman–Crippen LogP) is 4.28. The van der Waals surface area contributed by atoms with Gasteiger partial charge >= 0.3 is 6.18 Å². The smallest absolute Gasteiger partial charge is 0.375 e. The number of nitrogens with one attached hydrogen (secondary N) is 3. The lowest BCUT2D eigenvalue weighted by Gasteiger charge is -2.14. The van der Waals surface area contributed by atoms with E-state index in [2.05, 4.69) is 16.0 Å². The third kappa shape index (κ3) is 7.91. The Morgan fingerprint density at radius 2 is 1.46 bits per heavy atom. The molecule has 0 aliphatic rings. The van der Waals surface area contributed by atoms with E-state index in [0.29, 0.717) is 5.69 Å². The summed E-state index contributed by atoms with van der Waals surface area (Å²) < 4.78 is 37.1. The summed E-state index contributed by atoms with van der Waals surface area (Å²) in [4.78, 5) is 23.9. The zero-order valence-electron chi connectivity index (χ0n) is 15.1. The highest BCUT2D eigenvalue weighted by Crippen LogP contribution is 2.23.